The van der Waals surface area contributed by atoms with Gasteiger partial charge in [-0.25, -0.2) is 8.42 Å². The summed E-state index contributed by atoms with van der Waals surface area (Å²) in [5.74, 6) is -0.722. The molecular weight excluding hydrogens is 168 g/mol. The van der Waals surface area contributed by atoms with E-state index in [2.05, 4.69) is 6.58 Å². The van der Waals surface area contributed by atoms with Gasteiger partial charge in [-0.15, -0.1) is 0 Å². The van der Waals surface area contributed by atoms with E-state index in [0.29, 0.717) is 0 Å². The Hall–Kier alpha value is -0.680. The fraction of sp³-hybridized carbons (Fsp3) is 0.500. The first-order chi connectivity index (χ1) is 4.95. The zero-order chi connectivity index (χ0) is 8.91. The summed E-state index contributed by atoms with van der Waals surface area (Å²) in [6.45, 7) is 3.20. The van der Waals surface area contributed by atoms with E-state index in [-0.39, 0.29) is 18.6 Å². The summed E-state index contributed by atoms with van der Waals surface area (Å²) in [6.07, 6.45) is 1.26. The second-order valence-corrected chi connectivity index (χ2v) is 3.56. The minimum absolute atomic E-state index is 0.0744. The lowest BCUT2D eigenvalue weighted by Crippen LogP contribution is -2.05. The van der Waals surface area contributed by atoms with Crippen LogP contribution in [-0.4, -0.2) is 24.5 Å². The molecule has 0 fully saturated rings. The highest BCUT2D eigenvalue weighted by atomic mass is 32.2. The first-order valence-electron chi connectivity index (χ1n) is 3.04. The van der Waals surface area contributed by atoms with Gasteiger partial charge in [0.1, 0.15) is 0 Å². The lowest BCUT2D eigenvalue weighted by Gasteiger charge is -2.03. The van der Waals surface area contributed by atoms with Gasteiger partial charge in [0.25, 0.3) is 0 Å². The molecule has 64 valence electrons. The van der Waals surface area contributed by atoms with Gasteiger partial charge in [0.2, 0.25) is 0 Å². The average Bonchev–Trinajstić information content (AvgIpc) is 1.85. The number of hydrogen-bond donors (Lipinski definition) is 0. The molecule has 0 radical (unpaired) electrons. The van der Waals surface area contributed by atoms with Crippen molar-refractivity contribution in [2.75, 3.05) is 5.75 Å². The molecule has 0 aromatic heterocycles. The molecule has 0 unspecified atom stereocenters. The van der Waals surface area contributed by atoms with Crippen LogP contribution in [0.2, 0.25) is 0 Å². The number of carbonyl (C=O) groups is 1. The number of allylic oxidation sites excluding steroid dienone is 1. The van der Waals surface area contributed by atoms with Crippen LogP contribution in [-0.2, 0) is 14.9 Å². The van der Waals surface area contributed by atoms with Crippen molar-refractivity contribution in [1.82, 2.24) is 0 Å². The minimum atomic E-state index is -4.16. The molecule has 0 atom stereocenters. The summed E-state index contributed by atoms with van der Waals surface area (Å²) in [5.41, 5.74) is 0. The first kappa shape index (κ1) is 10.3. The molecule has 0 amide bonds. The maximum atomic E-state index is 10.5. The van der Waals surface area contributed by atoms with Gasteiger partial charge in [-0.05, 0) is 12.5 Å². The topological polar surface area (TPSA) is 74.3 Å². The fourth-order valence-corrected chi connectivity index (χ4v) is 1.02. The molecular formula is C6H9O4S-. The second kappa shape index (κ2) is 4.25. The summed E-state index contributed by atoms with van der Waals surface area (Å²) >= 11 is 0. The molecule has 0 aromatic rings. The molecule has 0 N–H and O–H groups in total. The van der Waals surface area contributed by atoms with Gasteiger partial charge in [-0.1, -0.05) is 6.58 Å². The van der Waals surface area contributed by atoms with Crippen molar-refractivity contribution in [1.29, 1.82) is 0 Å². The second-order valence-electron chi connectivity index (χ2n) is 2.04. The van der Waals surface area contributed by atoms with Gasteiger partial charge < -0.3 is 4.55 Å². The summed E-state index contributed by atoms with van der Waals surface area (Å²) in [6, 6.07) is 0. The summed E-state index contributed by atoms with van der Waals surface area (Å²) < 4.78 is 30.0. The Balaban J connectivity index is 3.59. The van der Waals surface area contributed by atoms with Crippen molar-refractivity contribution in [3.8, 4) is 0 Å². The Labute approximate surface area is 65.7 Å². The predicted molar refractivity (Wildman–Crippen MR) is 39.0 cm³/mol. The van der Waals surface area contributed by atoms with E-state index in [0.717, 1.165) is 6.08 Å². The van der Waals surface area contributed by atoms with Crippen LogP contribution in [0.3, 0.4) is 0 Å². The van der Waals surface area contributed by atoms with Crippen molar-refractivity contribution < 1.29 is 17.8 Å². The van der Waals surface area contributed by atoms with Crippen LogP contribution >= 0.6 is 0 Å². The van der Waals surface area contributed by atoms with Gasteiger partial charge in [0, 0.05) is 12.2 Å². The van der Waals surface area contributed by atoms with Crippen LogP contribution in [0.15, 0.2) is 12.7 Å². The van der Waals surface area contributed by atoms with Gasteiger partial charge in [-0.3, -0.25) is 4.79 Å². The zero-order valence-electron chi connectivity index (χ0n) is 5.95. The monoisotopic (exact) mass is 177 g/mol. The normalized spacial score (nSPS) is 11.0. The maximum Gasteiger partial charge on any atom is 0.155 e. The molecule has 11 heavy (non-hydrogen) atoms. The van der Waals surface area contributed by atoms with Crippen LogP contribution in [0.1, 0.15) is 12.8 Å². The predicted octanol–water partition coefficient (Wildman–Crippen LogP) is 0.0669. The largest absolute Gasteiger partial charge is 0.748 e. The molecule has 0 aliphatic carbocycles. The molecule has 0 bridgehead atoms. The first-order valence-corrected chi connectivity index (χ1v) is 4.62. The van der Waals surface area contributed by atoms with Gasteiger partial charge in [0.05, 0.1) is 10.1 Å². The van der Waals surface area contributed by atoms with Crippen molar-refractivity contribution >= 4 is 15.9 Å². The molecule has 4 nitrogen and oxygen atoms in total. The van der Waals surface area contributed by atoms with E-state index in [4.69, 9.17) is 0 Å². The van der Waals surface area contributed by atoms with E-state index in [1.54, 1.807) is 0 Å². The third kappa shape index (κ3) is 7.21. The Morgan fingerprint density at radius 2 is 2.09 bits per heavy atom. The van der Waals surface area contributed by atoms with Crippen LogP contribution in [0.4, 0.5) is 0 Å². The van der Waals surface area contributed by atoms with E-state index in [1.807, 2.05) is 0 Å². The Bertz CT molecular complexity index is 239. The maximum absolute atomic E-state index is 10.5. The molecule has 0 aromatic carbocycles. The van der Waals surface area contributed by atoms with Crippen LogP contribution in [0.25, 0.3) is 0 Å². The molecule has 0 saturated carbocycles. The highest BCUT2D eigenvalue weighted by molar-refractivity contribution is 7.85. The van der Waals surface area contributed by atoms with Crippen molar-refractivity contribution in [2.24, 2.45) is 0 Å². The molecule has 0 aliphatic rings. The molecule has 5 heteroatoms. The van der Waals surface area contributed by atoms with Crippen LogP contribution in [0.5, 0.6) is 0 Å². The van der Waals surface area contributed by atoms with Crippen molar-refractivity contribution in [3.05, 3.63) is 12.7 Å². The van der Waals surface area contributed by atoms with E-state index in [1.165, 1.54) is 0 Å². The Kier molecular flexibility index (Phi) is 3.99. The molecule has 0 heterocycles. The Morgan fingerprint density at radius 3 is 2.45 bits per heavy atom. The molecule has 0 saturated heterocycles. The number of hydrogen-bond acceptors (Lipinski definition) is 4. The van der Waals surface area contributed by atoms with E-state index >= 15 is 0 Å². The van der Waals surface area contributed by atoms with Crippen LogP contribution in [0, 0.1) is 0 Å². The lowest BCUT2D eigenvalue weighted by atomic mass is 10.2. The van der Waals surface area contributed by atoms with Crippen molar-refractivity contribution in [3.63, 3.8) is 0 Å². The molecule has 0 spiro atoms. The van der Waals surface area contributed by atoms with E-state index < -0.39 is 15.9 Å². The third-order valence-corrected chi connectivity index (χ3v) is 1.83. The van der Waals surface area contributed by atoms with E-state index in [9.17, 15) is 17.8 Å². The average molecular weight is 177 g/mol. The molecule has 0 rings (SSSR count). The number of rotatable bonds is 5. The quantitative estimate of drug-likeness (QED) is 0.440. The SMILES string of the molecule is C=CC(=O)CCCS(=O)(=O)[O-]. The lowest BCUT2D eigenvalue weighted by molar-refractivity contribution is -0.114. The summed E-state index contributed by atoms with van der Waals surface area (Å²) in [7, 11) is -4.16. The van der Waals surface area contributed by atoms with Crippen molar-refractivity contribution in [2.45, 2.75) is 12.8 Å². The fourth-order valence-electron chi connectivity index (χ4n) is 0.525. The number of carbonyl (C=O) groups excluding carboxylic acids is 1. The number of ketones is 1. The van der Waals surface area contributed by atoms with Gasteiger partial charge in [-0.2, -0.15) is 0 Å². The van der Waals surface area contributed by atoms with Crippen LogP contribution < -0.4 is 0 Å². The standard InChI is InChI=1S/C6H10O4S/c1-2-6(7)4-3-5-11(8,9)10/h2H,1,3-5H2,(H,8,9,10)/p-1. The summed E-state index contributed by atoms with van der Waals surface area (Å²) in [5, 5.41) is 0. The van der Waals surface area contributed by atoms with Gasteiger partial charge >= 0.3 is 0 Å². The smallest absolute Gasteiger partial charge is 0.155 e. The summed E-state index contributed by atoms with van der Waals surface area (Å²) in [4.78, 5) is 10.5. The highest BCUT2D eigenvalue weighted by Gasteiger charge is 1.98. The zero-order valence-corrected chi connectivity index (χ0v) is 6.76. The molecule has 0 aliphatic heterocycles. The third-order valence-electron chi connectivity index (χ3n) is 1.05. The Morgan fingerprint density at radius 1 is 1.55 bits per heavy atom. The highest BCUT2D eigenvalue weighted by Crippen LogP contribution is 1.95. The minimum Gasteiger partial charge on any atom is -0.748 e. The van der Waals surface area contributed by atoms with Gasteiger partial charge in [0.15, 0.2) is 5.78 Å².